The maximum Gasteiger partial charge on any atom is 0.0298 e. The van der Waals surface area contributed by atoms with Gasteiger partial charge in [0, 0.05) is 22.9 Å². The first kappa shape index (κ1) is 16.4. The number of azide groups is 2. The van der Waals surface area contributed by atoms with Crippen LogP contribution in [-0.4, -0.2) is 13.1 Å². The van der Waals surface area contributed by atoms with Crippen LogP contribution < -0.4 is 0 Å². The molecule has 0 aromatic heterocycles. The summed E-state index contributed by atoms with van der Waals surface area (Å²) in [4.78, 5) is 5.51. The fourth-order valence-electron chi connectivity index (χ4n) is 2.33. The zero-order valence-electron chi connectivity index (χ0n) is 12.8. The lowest BCUT2D eigenvalue weighted by Crippen LogP contribution is -1.93. The van der Waals surface area contributed by atoms with Crippen molar-refractivity contribution in [2.24, 2.45) is 10.2 Å². The second kappa shape index (κ2) is 9.15. The highest BCUT2D eigenvalue weighted by Crippen LogP contribution is 2.13. The highest BCUT2D eigenvalue weighted by Gasteiger charge is 1.99. The molecule has 0 aliphatic heterocycles. The zero-order chi connectivity index (χ0) is 16.3. The molecule has 0 aliphatic rings. The Kier molecular flexibility index (Phi) is 6.54. The lowest BCUT2D eigenvalue weighted by molar-refractivity contribution is 0.952. The van der Waals surface area contributed by atoms with Crippen LogP contribution in [0, 0.1) is 0 Å². The second-order valence-corrected chi connectivity index (χ2v) is 5.22. The number of rotatable bonds is 8. The van der Waals surface area contributed by atoms with Crippen molar-refractivity contribution in [1.82, 2.24) is 0 Å². The van der Waals surface area contributed by atoms with Crippen LogP contribution in [0.3, 0.4) is 0 Å². The van der Waals surface area contributed by atoms with Gasteiger partial charge in [0.2, 0.25) is 0 Å². The summed E-state index contributed by atoms with van der Waals surface area (Å²) in [6, 6.07) is 16.8. The Hall–Kier alpha value is -2.94. The van der Waals surface area contributed by atoms with E-state index in [1.54, 1.807) is 0 Å². The molecule has 0 bridgehead atoms. The van der Waals surface area contributed by atoms with Gasteiger partial charge in [0.25, 0.3) is 0 Å². The summed E-state index contributed by atoms with van der Waals surface area (Å²) < 4.78 is 0. The average Bonchev–Trinajstić information content (AvgIpc) is 2.58. The van der Waals surface area contributed by atoms with E-state index in [0.29, 0.717) is 13.1 Å². The van der Waals surface area contributed by atoms with Gasteiger partial charge in [-0.1, -0.05) is 58.8 Å². The van der Waals surface area contributed by atoms with Gasteiger partial charge in [0.05, 0.1) is 0 Å². The second-order valence-electron chi connectivity index (χ2n) is 5.22. The minimum absolute atomic E-state index is 0.493. The Morgan fingerprint density at radius 1 is 0.609 bits per heavy atom. The largest absolute Gasteiger partial charge is 0.0936 e. The molecule has 0 spiro atoms. The molecule has 0 N–H and O–H groups in total. The first-order chi connectivity index (χ1) is 11.3. The van der Waals surface area contributed by atoms with E-state index in [-0.39, 0.29) is 0 Å². The van der Waals surface area contributed by atoms with Crippen molar-refractivity contribution in [2.75, 3.05) is 13.1 Å². The Bertz CT molecular complexity index is 644. The molecule has 0 radical (unpaired) electrons. The monoisotopic (exact) mass is 306 g/mol. The molecular formula is C17H18N6. The highest BCUT2D eigenvalue weighted by molar-refractivity contribution is 5.30. The minimum Gasteiger partial charge on any atom is -0.0936 e. The van der Waals surface area contributed by atoms with E-state index in [9.17, 15) is 0 Å². The maximum absolute atomic E-state index is 8.27. The predicted octanol–water partition coefficient (Wildman–Crippen LogP) is 4.98. The summed E-state index contributed by atoms with van der Waals surface area (Å²) in [7, 11) is 0. The molecule has 6 heteroatoms. The van der Waals surface area contributed by atoms with Crippen LogP contribution >= 0.6 is 0 Å². The molecule has 0 saturated carbocycles. The van der Waals surface area contributed by atoms with E-state index >= 15 is 0 Å². The summed E-state index contributed by atoms with van der Waals surface area (Å²) >= 11 is 0. The molecule has 6 nitrogen and oxygen atoms in total. The SMILES string of the molecule is [N-]=[N+]=NCCc1ccc(Cc2ccc(CCN=[N+]=[N-])cc2)cc1. The molecule has 0 heterocycles. The third-order valence-electron chi connectivity index (χ3n) is 3.58. The first-order valence-electron chi connectivity index (χ1n) is 7.49. The van der Waals surface area contributed by atoms with Crippen LogP contribution in [0.25, 0.3) is 20.9 Å². The maximum atomic E-state index is 8.27. The Morgan fingerprint density at radius 2 is 0.957 bits per heavy atom. The fourth-order valence-corrected chi connectivity index (χ4v) is 2.33. The van der Waals surface area contributed by atoms with Gasteiger partial charge in [-0.3, -0.25) is 0 Å². The summed E-state index contributed by atoms with van der Waals surface area (Å²) in [6.45, 7) is 0.986. The zero-order valence-corrected chi connectivity index (χ0v) is 12.8. The normalized spacial score (nSPS) is 9.74. The molecule has 2 aromatic rings. The van der Waals surface area contributed by atoms with E-state index in [1.165, 1.54) is 22.3 Å². The van der Waals surface area contributed by atoms with E-state index in [0.717, 1.165) is 19.3 Å². The van der Waals surface area contributed by atoms with Gasteiger partial charge in [-0.25, -0.2) is 0 Å². The van der Waals surface area contributed by atoms with E-state index in [2.05, 4.69) is 68.6 Å². The standard InChI is InChI=1S/C17H18N6/c18-22-20-11-9-14-1-5-16(6-2-14)13-17-7-3-15(4-8-17)10-12-21-23-19/h1-8H,9-13H2. The molecule has 116 valence electrons. The van der Waals surface area contributed by atoms with Crippen LogP contribution in [-0.2, 0) is 19.3 Å². The van der Waals surface area contributed by atoms with Crippen molar-refractivity contribution >= 4 is 0 Å². The first-order valence-corrected chi connectivity index (χ1v) is 7.49. The lowest BCUT2D eigenvalue weighted by Gasteiger charge is -2.05. The molecule has 0 aliphatic carbocycles. The van der Waals surface area contributed by atoms with Crippen molar-refractivity contribution in [1.29, 1.82) is 0 Å². The molecule has 0 fully saturated rings. The molecule has 23 heavy (non-hydrogen) atoms. The van der Waals surface area contributed by atoms with Crippen LogP contribution in [0.1, 0.15) is 22.3 Å². The van der Waals surface area contributed by atoms with Crippen molar-refractivity contribution in [2.45, 2.75) is 19.3 Å². The summed E-state index contributed by atoms with van der Waals surface area (Å²) in [6.07, 6.45) is 2.42. The van der Waals surface area contributed by atoms with Crippen LogP contribution in [0.15, 0.2) is 58.8 Å². The Morgan fingerprint density at radius 3 is 1.30 bits per heavy atom. The van der Waals surface area contributed by atoms with Crippen LogP contribution in [0.4, 0.5) is 0 Å². The van der Waals surface area contributed by atoms with Gasteiger partial charge < -0.3 is 0 Å². The molecule has 0 unspecified atom stereocenters. The summed E-state index contributed by atoms with van der Waals surface area (Å²) in [5.74, 6) is 0. The Labute approximate surface area is 135 Å². The lowest BCUT2D eigenvalue weighted by atomic mass is 10.0. The molecule has 0 saturated heterocycles. The number of nitrogens with zero attached hydrogens (tertiary/aromatic N) is 6. The predicted molar refractivity (Wildman–Crippen MR) is 91.1 cm³/mol. The highest BCUT2D eigenvalue weighted by atomic mass is 15.1. The number of hydrogen-bond acceptors (Lipinski definition) is 2. The van der Waals surface area contributed by atoms with Crippen molar-refractivity contribution in [3.8, 4) is 0 Å². The molecule has 0 amide bonds. The molecular weight excluding hydrogens is 288 g/mol. The molecule has 0 atom stereocenters. The van der Waals surface area contributed by atoms with Gasteiger partial charge in [-0.05, 0) is 52.6 Å². The smallest absolute Gasteiger partial charge is 0.0298 e. The quantitative estimate of drug-likeness (QED) is 0.373. The minimum atomic E-state index is 0.493. The fraction of sp³-hybridized carbons (Fsp3) is 0.294. The van der Waals surface area contributed by atoms with Gasteiger partial charge >= 0.3 is 0 Å². The summed E-state index contributed by atoms with van der Waals surface area (Å²) in [5, 5.41) is 7.09. The number of hydrogen-bond donors (Lipinski definition) is 0. The average molecular weight is 306 g/mol. The van der Waals surface area contributed by atoms with E-state index in [4.69, 9.17) is 11.1 Å². The summed E-state index contributed by atoms with van der Waals surface area (Å²) in [5.41, 5.74) is 21.4. The third-order valence-corrected chi connectivity index (χ3v) is 3.58. The third kappa shape index (κ3) is 5.75. The van der Waals surface area contributed by atoms with Gasteiger partial charge in [-0.2, -0.15) is 0 Å². The van der Waals surface area contributed by atoms with Crippen LogP contribution in [0.2, 0.25) is 0 Å². The number of benzene rings is 2. The topological polar surface area (TPSA) is 97.5 Å². The molecule has 2 aromatic carbocycles. The van der Waals surface area contributed by atoms with Crippen LogP contribution in [0.5, 0.6) is 0 Å². The van der Waals surface area contributed by atoms with Gasteiger partial charge in [-0.15, -0.1) is 0 Å². The van der Waals surface area contributed by atoms with Crippen molar-refractivity contribution in [3.63, 3.8) is 0 Å². The van der Waals surface area contributed by atoms with Crippen molar-refractivity contribution in [3.05, 3.63) is 91.7 Å². The molecule has 2 rings (SSSR count). The Balaban J connectivity index is 1.90. The van der Waals surface area contributed by atoms with E-state index in [1.807, 2.05) is 0 Å². The van der Waals surface area contributed by atoms with Gasteiger partial charge in [0.1, 0.15) is 0 Å². The van der Waals surface area contributed by atoms with Crippen molar-refractivity contribution < 1.29 is 0 Å². The van der Waals surface area contributed by atoms with Gasteiger partial charge in [0.15, 0.2) is 0 Å². The van der Waals surface area contributed by atoms with E-state index < -0.39 is 0 Å².